The standard InChI is InChI=1S/C24H23IN4O2S/c1-4-11-29-23(21-12-16-7-5-6-8-20(16)31-21)27-28-24(29)32-14-22(30)26-19-10-9-17(25)13-18(19)15(2)3/h4-10,12-13,15H,1,11,14H2,2-3H3,(H,26,30). The quantitative estimate of drug-likeness (QED) is 0.155. The van der Waals surface area contributed by atoms with Crippen molar-refractivity contribution in [3.8, 4) is 11.6 Å². The molecule has 0 atom stereocenters. The summed E-state index contributed by atoms with van der Waals surface area (Å²) >= 11 is 3.63. The summed E-state index contributed by atoms with van der Waals surface area (Å²) in [6.07, 6.45) is 1.78. The fourth-order valence-corrected chi connectivity index (χ4v) is 4.67. The van der Waals surface area contributed by atoms with Crippen LogP contribution in [0.5, 0.6) is 0 Å². The number of thioether (sulfide) groups is 1. The molecular weight excluding hydrogens is 535 g/mol. The lowest BCUT2D eigenvalue weighted by Gasteiger charge is -2.14. The summed E-state index contributed by atoms with van der Waals surface area (Å²) in [7, 11) is 0. The number of anilines is 1. The molecule has 0 saturated carbocycles. The van der Waals surface area contributed by atoms with E-state index in [2.05, 4.69) is 64.6 Å². The fraction of sp³-hybridized carbons (Fsp3) is 0.208. The molecule has 2 heterocycles. The Morgan fingerprint density at radius 1 is 1.25 bits per heavy atom. The Kier molecular flexibility index (Phi) is 7.00. The van der Waals surface area contributed by atoms with Crippen LogP contribution in [-0.2, 0) is 11.3 Å². The van der Waals surface area contributed by atoms with Crippen LogP contribution in [0.15, 0.2) is 70.8 Å². The zero-order chi connectivity index (χ0) is 22.7. The number of amides is 1. The third-order valence-electron chi connectivity index (χ3n) is 4.92. The molecule has 1 N–H and O–H groups in total. The minimum Gasteiger partial charge on any atom is -0.453 e. The smallest absolute Gasteiger partial charge is 0.234 e. The zero-order valence-corrected chi connectivity index (χ0v) is 20.8. The van der Waals surface area contributed by atoms with E-state index >= 15 is 0 Å². The van der Waals surface area contributed by atoms with E-state index < -0.39 is 0 Å². The number of furan rings is 1. The maximum atomic E-state index is 12.7. The van der Waals surface area contributed by atoms with Gasteiger partial charge < -0.3 is 9.73 Å². The number of nitrogens with zero attached hydrogens (tertiary/aromatic N) is 3. The van der Waals surface area contributed by atoms with Gasteiger partial charge >= 0.3 is 0 Å². The van der Waals surface area contributed by atoms with Gasteiger partial charge in [0.25, 0.3) is 0 Å². The van der Waals surface area contributed by atoms with Gasteiger partial charge in [0.05, 0.1) is 5.75 Å². The van der Waals surface area contributed by atoms with Gasteiger partial charge in [0.1, 0.15) is 5.58 Å². The van der Waals surface area contributed by atoms with E-state index in [1.807, 2.05) is 47.0 Å². The Morgan fingerprint density at radius 2 is 2.06 bits per heavy atom. The van der Waals surface area contributed by atoms with Crippen LogP contribution in [0.4, 0.5) is 5.69 Å². The van der Waals surface area contributed by atoms with E-state index in [0.29, 0.717) is 29.2 Å². The van der Waals surface area contributed by atoms with E-state index in [0.717, 1.165) is 25.8 Å². The molecular formula is C24H23IN4O2S. The van der Waals surface area contributed by atoms with E-state index in [4.69, 9.17) is 4.42 Å². The molecule has 0 bridgehead atoms. The van der Waals surface area contributed by atoms with Crippen molar-refractivity contribution in [2.45, 2.75) is 31.5 Å². The van der Waals surface area contributed by atoms with Crippen molar-refractivity contribution in [1.82, 2.24) is 14.8 Å². The molecule has 0 saturated heterocycles. The number of hydrogen-bond donors (Lipinski definition) is 1. The van der Waals surface area contributed by atoms with Crippen molar-refractivity contribution < 1.29 is 9.21 Å². The van der Waals surface area contributed by atoms with E-state index in [1.54, 1.807) is 6.08 Å². The van der Waals surface area contributed by atoms with Gasteiger partial charge in [-0.25, -0.2) is 0 Å². The van der Waals surface area contributed by atoms with Crippen LogP contribution < -0.4 is 5.32 Å². The van der Waals surface area contributed by atoms with Crippen LogP contribution >= 0.6 is 34.4 Å². The predicted molar refractivity (Wildman–Crippen MR) is 138 cm³/mol. The highest BCUT2D eigenvalue weighted by atomic mass is 127. The van der Waals surface area contributed by atoms with Gasteiger partial charge in [-0.3, -0.25) is 9.36 Å². The van der Waals surface area contributed by atoms with Gasteiger partial charge in [0.2, 0.25) is 11.7 Å². The summed E-state index contributed by atoms with van der Waals surface area (Å²) in [4.78, 5) is 12.7. The highest BCUT2D eigenvalue weighted by Gasteiger charge is 2.18. The Labute approximate surface area is 204 Å². The summed E-state index contributed by atoms with van der Waals surface area (Å²) in [5.41, 5.74) is 2.77. The normalized spacial score (nSPS) is 11.2. The van der Waals surface area contributed by atoms with Crippen LogP contribution in [0.1, 0.15) is 25.3 Å². The molecule has 2 aromatic carbocycles. The first-order valence-corrected chi connectivity index (χ1v) is 12.3. The summed E-state index contributed by atoms with van der Waals surface area (Å²) in [6, 6.07) is 15.8. The Hall–Kier alpha value is -2.59. The summed E-state index contributed by atoms with van der Waals surface area (Å²) in [5.74, 6) is 1.70. The summed E-state index contributed by atoms with van der Waals surface area (Å²) in [5, 5.41) is 13.3. The average Bonchev–Trinajstić information content (AvgIpc) is 3.37. The lowest BCUT2D eigenvalue weighted by atomic mass is 10.0. The van der Waals surface area contributed by atoms with Crippen molar-refractivity contribution in [1.29, 1.82) is 0 Å². The minimum atomic E-state index is -0.0865. The van der Waals surface area contributed by atoms with Crippen LogP contribution in [0, 0.1) is 3.57 Å². The largest absolute Gasteiger partial charge is 0.453 e. The van der Waals surface area contributed by atoms with E-state index in [9.17, 15) is 4.79 Å². The van der Waals surface area contributed by atoms with Gasteiger partial charge in [0, 0.05) is 21.2 Å². The van der Waals surface area contributed by atoms with Crippen molar-refractivity contribution in [2.75, 3.05) is 11.1 Å². The molecule has 2 aromatic heterocycles. The molecule has 0 fully saturated rings. The average molecular weight is 558 g/mol. The van der Waals surface area contributed by atoms with Crippen molar-refractivity contribution in [3.05, 3.63) is 70.3 Å². The number of benzene rings is 2. The molecule has 4 aromatic rings. The molecule has 0 aliphatic rings. The molecule has 0 unspecified atom stereocenters. The molecule has 1 amide bonds. The number of fused-ring (bicyclic) bond motifs is 1. The Morgan fingerprint density at radius 3 is 2.81 bits per heavy atom. The lowest BCUT2D eigenvalue weighted by molar-refractivity contribution is -0.113. The molecule has 0 aliphatic heterocycles. The second kappa shape index (κ2) is 9.91. The number of allylic oxidation sites excluding steroid dienone is 1. The van der Waals surface area contributed by atoms with Crippen molar-refractivity contribution >= 4 is 56.9 Å². The Bertz CT molecular complexity index is 1250. The molecule has 0 spiro atoms. The van der Waals surface area contributed by atoms with Crippen molar-refractivity contribution in [2.24, 2.45) is 0 Å². The third kappa shape index (κ3) is 4.91. The number of nitrogens with one attached hydrogen (secondary N) is 1. The van der Waals surface area contributed by atoms with Gasteiger partial charge in [0.15, 0.2) is 10.9 Å². The molecule has 0 radical (unpaired) electrons. The zero-order valence-electron chi connectivity index (χ0n) is 17.8. The van der Waals surface area contributed by atoms with Gasteiger partial charge in [-0.15, -0.1) is 16.8 Å². The van der Waals surface area contributed by atoms with Crippen molar-refractivity contribution in [3.63, 3.8) is 0 Å². The molecule has 8 heteroatoms. The summed E-state index contributed by atoms with van der Waals surface area (Å²) < 4.78 is 9.01. The van der Waals surface area contributed by atoms with E-state index in [-0.39, 0.29) is 11.7 Å². The molecule has 164 valence electrons. The third-order valence-corrected chi connectivity index (χ3v) is 6.55. The highest BCUT2D eigenvalue weighted by Crippen LogP contribution is 2.30. The maximum absolute atomic E-state index is 12.7. The first-order chi connectivity index (χ1) is 15.5. The topological polar surface area (TPSA) is 73.0 Å². The fourth-order valence-electron chi connectivity index (χ4n) is 3.40. The van der Waals surface area contributed by atoms with Gasteiger partial charge in [-0.05, 0) is 64.4 Å². The predicted octanol–water partition coefficient (Wildman–Crippen LogP) is 6.34. The minimum absolute atomic E-state index is 0.0865. The van der Waals surface area contributed by atoms with Crippen LogP contribution in [0.25, 0.3) is 22.6 Å². The van der Waals surface area contributed by atoms with Gasteiger partial charge in [-0.2, -0.15) is 0 Å². The number of para-hydroxylation sites is 1. The second-order valence-corrected chi connectivity index (χ2v) is 9.77. The molecule has 4 rings (SSSR count). The second-order valence-electron chi connectivity index (χ2n) is 7.58. The van der Waals surface area contributed by atoms with Gasteiger partial charge in [-0.1, -0.05) is 49.9 Å². The number of carbonyl (C=O) groups is 1. The maximum Gasteiger partial charge on any atom is 0.234 e. The molecule has 0 aliphatic carbocycles. The van der Waals surface area contributed by atoms with Crippen LogP contribution in [0.3, 0.4) is 0 Å². The molecule has 32 heavy (non-hydrogen) atoms. The van der Waals surface area contributed by atoms with Crippen LogP contribution in [0.2, 0.25) is 0 Å². The van der Waals surface area contributed by atoms with Crippen LogP contribution in [-0.4, -0.2) is 26.4 Å². The summed E-state index contributed by atoms with van der Waals surface area (Å²) in [6.45, 7) is 8.59. The number of carbonyl (C=O) groups excluding carboxylic acids is 1. The number of rotatable bonds is 8. The molecule has 6 nitrogen and oxygen atoms in total. The number of aromatic nitrogens is 3. The lowest BCUT2D eigenvalue weighted by Crippen LogP contribution is -2.16. The first-order valence-electron chi connectivity index (χ1n) is 10.2. The van der Waals surface area contributed by atoms with E-state index in [1.165, 1.54) is 11.8 Å². The Balaban J connectivity index is 1.51. The number of hydrogen-bond acceptors (Lipinski definition) is 5. The SMILES string of the molecule is C=CCn1c(SCC(=O)Nc2ccc(I)cc2C(C)C)nnc1-c1cc2ccccc2o1. The first kappa shape index (κ1) is 22.6. The highest BCUT2D eigenvalue weighted by molar-refractivity contribution is 14.1. The monoisotopic (exact) mass is 558 g/mol. The number of halogens is 1.